The molecule has 1 aliphatic heterocycles. The summed E-state index contributed by atoms with van der Waals surface area (Å²) in [6.07, 6.45) is 4.24. The number of nitrogens with zero attached hydrogens (tertiary/aromatic N) is 1. The molecule has 1 amide bonds. The maximum atomic E-state index is 11.7. The molecule has 0 aromatic heterocycles. The van der Waals surface area contributed by atoms with Crippen molar-refractivity contribution in [1.29, 1.82) is 0 Å². The molecule has 2 aliphatic rings. The Labute approximate surface area is 128 Å². The second kappa shape index (κ2) is 6.97. The number of rotatable bonds is 4. The summed E-state index contributed by atoms with van der Waals surface area (Å²) in [5, 5.41) is 6.68. The van der Waals surface area contributed by atoms with Crippen molar-refractivity contribution in [2.24, 2.45) is 0 Å². The van der Waals surface area contributed by atoms with Gasteiger partial charge in [0.25, 0.3) is 0 Å². The fraction of sp³-hybridized carbons (Fsp3) is 0.938. The van der Waals surface area contributed by atoms with E-state index in [0.29, 0.717) is 12.1 Å². The standard InChI is InChI=1S/C16H31N3O2/c1-5-19-8-6-12(7-9-19)17-13-10-14(11-13)18-15(20)21-16(2,3)4/h12-14,17H,5-11H2,1-4H3,(H,18,20). The predicted octanol–water partition coefficient (Wildman–Crippen LogP) is 2.12. The first-order valence-corrected chi connectivity index (χ1v) is 8.33. The van der Waals surface area contributed by atoms with Crippen LogP contribution in [0.2, 0.25) is 0 Å². The molecule has 2 fully saturated rings. The van der Waals surface area contributed by atoms with Crippen LogP contribution in [-0.4, -0.2) is 54.4 Å². The van der Waals surface area contributed by atoms with Gasteiger partial charge >= 0.3 is 6.09 Å². The highest BCUT2D eigenvalue weighted by Gasteiger charge is 2.33. The van der Waals surface area contributed by atoms with Gasteiger partial charge < -0.3 is 20.3 Å². The maximum Gasteiger partial charge on any atom is 0.407 e. The third-order valence-corrected chi connectivity index (χ3v) is 4.37. The van der Waals surface area contributed by atoms with E-state index in [1.807, 2.05) is 20.8 Å². The van der Waals surface area contributed by atoms with Crippen molar-refractivity contribution < 1.29 is 9.53 Å². The molecule has 1 aliphatic carbocycles. The first-order chi connectivity index (χ1) is 9.85. The highest BCUT2D eigenvalue weighted by atomic mass is 16.6. The molecule has 1 saturated heterocycles. The number of ether oxygens (including phenoxy) is 1. The lowest BCUT2D eigenvalue weighted by molar-refractivity contribution is 0.0460. The van der Waals surface area contributed by atoms with Crippen LogP contribution in [0.5, 0.6) is 0 Å². The molecule has 0 aromatic carbocycles. The first-order valence-electron chi connectivity index (χ1n) is 8.33. The van der Waals surface area contributed by atoms with E-state index in [1.54, 1.807) is 0 Å². The Morgan fingerprint density at radius 2 is 1.76 bits per heavy atom. The fourth-order valence-corrected chi connectivity index (χ4v) is 3.10. The topological polar surface area (TPSA) is 53.6 Å². The van der Waals surface area contributed by atoms with Gasteiger partial charge in [0.15, 0.2) is 0 Å². The number of likely N-dealkylation sites (tertiary alicyclic amines) is 1. The van der Waals surface area contributed by atoms with Crippen molar-refractivity contribution in [3.05, 3.63) is 0 Å². The van der Waals surface area contributed by atoms with E-state index in [1.165, 1.54) is 25.9 Å². The third kappa shape index (κ3) is 5.47. The Bertz CT molecular complexity index is 340. The second-order valence-electron chi connectivity index (χ2n) is 7.39. The second-order valence-corrected chi connectivity index (χ2v) is 7.39. The van der Waals surface area contributed by atoms with Crippen LogP contribution in [0.4, 0.5) is 4.79 Å². The van der Waals surface area contributed by atoms with Crippen molar-refractivity contribution in [3.8, 4) is 0 Å². The lowest BCUT2D eigenvalue weighted by atomic mass is 9.85. The molecule has 21 heavy (non-hydrogen) atoms. The molecular weight excluding hydrogens is 266 g/mol. The summed E-state index contributed by atoms with van der Waals surface area (Å²) in [4.78, 5) is 14.2. The Balaban J connectivity index is 1.58. The summed E-state index contributed by atoms with van der Waals surface area (Å²) in [5.41, 5.74) is -0.418. The molecule has 1 saturated carbocycles. The summed E-state index contributed by atoms with van der Waals surface area (Å²) in [7, 11) is 0. The minimum absolute atomic E-state index is 0.271. The van der Waals surface area contributed by atoms with Crippen molar-refractivity contribution in [1.82, 2.24) is 15.5 Å². The lowest BCUT2D eigenvalue weighted by Gasteiger charge is -2.41. The van der Waals surface area contributed by atoms with Crippen LogP contribution in [-0.2, 0) is 4.74 Å². The molecule has 1 heterocycles. The first kappa shape index (κ1) is 16.6. The molecule has 5 nitrogen and oxygen atoms in total. The summed E-state index contributed by atoms with van der Waals surface area (Å²) >= 11 is 0. The van der Waals surface area contributed by atoms with E-state index < -0.39 is 5.60 Å². The molecule has 0 radical (unpaired) electrons. The molecule has 5 heteroatoms. The molecule has 0 spiro atoms. The maximum absolute atomic E-state index is 11.7. The molecule has 122 valence electrons. The normalized spacial score (nSPS) is 28.0. The van der Waals surface area contributed by atoms with Crippen LogP contribution in [0.15, 0.2) is 0 Å². The van der Waals surface area contributed by atoms with E-state index in [9.17, 15) is 4.79 Å². The van der Waals surface area contributed by atoms with E-state index in [4.69, 9.17) is 4.74 Å². The number of piperidine rings is 1. The number of carbonyl (C=O) groups is 1. The molecule has 0 atom stereocenters. The zero-order chi connectivity index (χ0) is 15.5. The lowest BCUT2D eigenvalue weighted by Crippen LogP contribution is -2.56. The van der Waals surface area contributed by atoms with Crippen molar-refractivity contribution in [2.45, 2.75) is 77.1 Å². The number of hydrogen-bond donors (Lipinski definition) is 2. The quantitative estimate of drug-likeness (QED) is 0.834. The average Bonchev–Trinajstić information content (AvgIpc) is 2.35. The van der Waals surface area contributed by atoms with Gasteiger partial charge in [0.2, 0.25) is 0 Å². The van der Waals surface area contributed by atoms with Gasteiger partial charge in [-0.05, 0) is 66.1 Å². The van der Waals surface area contributed by atoms with E-state index >= 15 is 0 Å². The number of carbonyl (C=O) groups excluding carboxylic acids is 1. The van der Waals surface area contributed by atoms with E-state index in [0.717, 1.165) is 19.4 Å². The van der Waals surface area contributed by atoms with Gasteiger partial charge in [-0.15, -0.1) is 0 Å². The Morgan fingerprint density at radius 3 is 2.29 bits per heavy atom. The molecular formula is C16H31N3O2. The monoisotopic (exact) mass is 297 g/mol. The number of hydrogen-bond acceptors (Lipinski definition) is 4. The van der Waals surface area contributed by atoms with Gasteiger partial charge in [0.05, 0.1) is 0 Å². The fourth-order valence-electron chi connectivity index (χ4n) is 3.10. The van der Waals surface area contributed by atoms with Gasteiger partial charge in [-0.1, -0.05) is 6.92 Å². The summed E-state index contributed by atoms with van der Waals surface area (Å²) in [5.74, 6) is 0. The highest BCUT2D eigenvalue weighted by molar-refractivity contribution is 5.68. The summed E-state index contributed by atoms with van der Waals surface area (Å²) < 4.78 is 5.28. The van der Waals surface area contributed by atoms with E-state index in [2.05, 4.69) is 22.5 Å². The van der Waals surface area contributed by atoms with Crippen molar-refractivity contribution >= 4 is 6.09 Å². The largest absolute Gasteiger partial charge is 0.444 e. The van der Waals surface area contributed by atoms with Gasteiger partial charge in [0.1, 0.15) is 5.60 Å². The predicted molar refractivity (Wildman–Crippen MR) is 84.5 cm³/mol. The Kier molecular flexibility index (Phi) is 5.49. The average molecular weight is 297 g/mol. The van der Waals surface area contributed by atoms with Crippen LogP contribution in [0.3, 0.4) is 0 Å². The number of nitrogens with one attached hydrogen (secondary N) is 2. The zero-order valence-electron chi connectivity index (χ0n) is 13.9. The number of alkyl carbamates (subject to hydrolysis) is 1. The number of amides is 1. The van der Waals surface area contributed by atoms with Crippen LogP contribution in [0.1, 0.15) is 53.4 Å². The van der Waals surface area contributed by atoms with Gasteiger partial charge in [-0.25, -0.2) is 4.79 Å². The SMILES string of the molecule is CCN1CCC(NC2CC(NC(=O)OC(C)(C)C)C2)CC1. The van der Waals surface area contributed by atoms with Gasteiger partial charge in [-0.2, -0.15) is 0 Å². The van der Waals surface area contributed by atoms with E-state index in [-0.39, 0.29) is 12.1 Å². The third-order valence-electron chi connectivity index (χ3n) is 4.37. The van der Waals surface area contributed by atoms with Crippen LogP contribution >= 0.6 is 0 Å². The summed E-state index contributed by atoms with van der Waals surface area (Å²) in [6, 6.07) is 1.48. The summed E-state index contributed by atoms with van der Waals surface area (Å²) in [6.45, 7) is 11.5. The zero-order valence-corrected chi connectivity index (χ0v) is 13.9. The molecule has 2 rings (SSSR count). The van der Waals surface area contributed by atoms with Gasteiger partial charge in [0, 0.05) is 18.1 Å². The Hall–Kier alpha value is -0.810. The molecule has 0 aromatic rings. The molecule has 2 N–H and O–H groups in total. The minimum atomic E-state index is -0.418. The highest BCUT2D eigenvalue weighted by Crippen LogP contribution is 2.23. The van der Waals surface area contributed by atoms with Crippen LogP contribution < -0.4 is 10.6 Å². The smallest absolute Gasteiger partial charge is 0.407 e. The minimum Gasteiger partial charge on any atom is -0.444 e. The van der Waals surface area contributed by atoms with Crippen molar-refractivity contribution in [2.75, 3.05) is 19.6 Å². The van der Waals surface area contributed by atoms with Gasteiger partial charge in [-0.3, -0.25) is 0 Å². The van der Waals surface area contributed by atoms with Crippen LogP contribution in [0.25, 0.3) is 0 Å². The van der Waals surface area contributed by atoms with Crippen LogP contribution in [0, 0.1) is 0 Å². The molecule has 0 bridgehead atoms. The molecule has 0 unspecified atom stereocenters. The Morgan fingerprint density at radius 1 is 1.14 bits per heavy atom. The van der Waals surface area contributed by atoms with Crippen molar-refractivity contribution in [3.63, 3.8) is 0 Å².